The third-order valence-corrected chi connectivity index (χ3v) is 1.57. The Labute approximate surface area is 76.5 Å². The molecule has 0 aromatic carbocycles. The molecule has 0 aromatic rings. The van der Waals surface area contributed by atoms with Gasteiger partial charge in [-0.05, 0) is 13.0 Å². The number of ether oxygens (including phenoxy) is 1. The van der Waals surface area contributed by atoms with E-state index in [1.54, 1.807) is 0 Å². The summed E-state index contributed by atoms with van der Waals surface area (Å²) in [5.74, 6) is 0. The Morgan fingerprint density at radius 1 is 1.31 bits per heavy atom. The van der Waals surface area contributed by atoms with Crippen molar-refractivity contribution in [1.29, 1.82) is 0 Å². The first-order valence-electron chi connectivity index (χ1n) is 4.37. The Morgan fingerprint density at radius 2 is 1.92 bits per heavy atom. The van der Waals surface area contributed by atoms with E-state index in [1.807, 2.05) is 13.8 Å². The van der Waals surface area contributed by atoms with E-state index >= 15 is 0 Å². The van der Waals surface area contributed by atoms with Crippen molar-refractivity contribution in [2.45, 2.75) is 32.5 Å². The van der Waals surface area contributed by atoms with Crippen LogP contribution in [-0.4, -0.2) is 32.0 Å². The maximum absolute atomic E-state index is 11.7. The normalized spacial score (nSPS) is 14.5. The molecule has 0 saturated carbocycles. The van der Waals surface area contributed by atoms with Gasteiger partial charge in [-0.2, -0.15) is 13.2 Å². The molecule has 1 N–H and O–H groups in total. The van der Waals surface area contributed by atoms with Gasteiger partial charge in [0.2, 0.25) is 0 Å². The smallest absolute Gasteiger partial charge is 0.370 e. The van der Waals surface area contributed by atoms with Crippen LogP contribution in [0.1, 0.15) is 20.3 Å². The van der Waals surface area contributed by atoms with E-state index in [2.05, 4.69) is 10.1 Å². The average Bonchev–Trinajstić information content (AvgIpc) is 2.01. The van der Waals surface area contributed by atoms with Crippen LogP contribution in [0.3, 0.4) is 0 Å². The van der Waals surface area contributed by atoms with E-state index in [0.717, 1.165) is 13.0 Å². The van der Waals surface area contributed by atoms with Gasteiger partial charge in [-0.25, -0.2) is 0 Å². The van der Waals surface area contributed by atoms with Gasteiger partial charge in [-0.1, -0.05) is 13.8 Å². The highest BCUT2D eigenvalue weighted by Gasteiger charge is 2.27. The lowest BCUT2D eigenvalue weighted by Crippen LogP contribution is -2.34. The summed E-state index contributed by atoms with van der Waals surface area (Å²) >= 11 is 0. The Hall–Kier alpha value is -0.290. The van der Waals surface area contributed by atoms with Crippen LogP contribution in [0.25, 0.3) is 0 Å². The maximum Gasteiger partial charge on any atom is 0.411 e. The second kappa shape index (κ2) is 6.21. The second-order valence-corrected chi connectivity index (χ2v) is 2.79. The summed E-state index contributed by atoms with van der Waals surface area (Å²) in [7, 11) is 0. The fourth-order valence-electron chi connectivity index (χ4n) is 0.927. The van der Waals surface area contributed by atoms with E-state index in [0.29, 0.717) is 0 Å². The topological polar surface area (TPSA) is 21.3 Å². The maximum atomic E-state index is 11.7. The van der Waals surface area contributed by atoms with E-state index < -0.39 is 12.8 Å². The van der Waals surface area contributed by atoms with Crippen molar-refractivity contribution in [1.82, 2.24) is 5.32 Å². The molecule has 0 bridgehead atoms. The van der Waals surface area contributed by atoms with Gasteiger partial charge in [0.15, 0.2) is 0 Å². The molecule has 1 unspecified atom stereocenters. The lowest BCUT2D eigenvalue weighted by molar-refractivity contribution is -0.175. The Bertz CT molecular complexity index is 127. The Balaban J connectivity index is 3.49. The molecule has 80 valence electrons. The van der Waals surface area contributed by atoms with Crippen LogP contribution in [-0.2, 0) is 4.74 Å². The molecule has 0 aliphatic rings. The van der Waals surface area contributed by atoms with Gasteiger partial charge < -0.3 is 10.1 Å². The van der Waals surface area contributed by atoms with E-state index in [1.165, 1.54) is 0 Å². The number of hydrogen-bond donors (Lipinski definition) is 1. The third-order valence-electron chi connectivity index (χ3n) is 1.57. The fourth-order valence-corrected chi connectivity index (χ4v) is 0.927. The van der Waals surface area contributed by atoms with Gasteiger partial charge in [-0.15, -0.1) is 0 Å². The van der Waals surface area contributed by atoms with Gasteiger partial charge in [0, 0.05) is 6.04 Å². The number of rotatable bonds is 6. The molecule has 1 atom stereocenters. The molecule has 0 radical (unpaired) electrons. The molecule has 0 spiro atoms. The summed E-state index contributed by atoms with van der Waals surface area (Å²) in [6.07, 6.45) is -3.45. The molecule has 0 aromatic heterocycles. The summed E-state index contributed by atoms with van der Waals surface area (Å²) in [6, 6.07) is 0.0207. The highest BCUT2D eigenvalue weighted by molar-refractivity contribution is 4.62. The molecule has 2 nitrogen and oxygen atoms in total. The monoisotopic (exact) mass is 199 g/mol. The third kappa shape index (κ3) is 8.05. The lowest BCUT2D eigenvalue weighted by atomic mass is 10.2. The number of hydrogen-bond acceptors (Lipinski definition) is 2. The van der Waals surface area contributed by atoms with Crippen molar-refractivity contribution < 1.29 is 17.9 Å². The van der Waals surface area contributed by atoms with Gasteiger partial charge in [0.25, 0.3) is 0 Å². The predicted octanol–water partition coefficient (Wildman–Crippen LogP) is 1.95. The fraction of sp³-hybridized carbons (Fsp3) is 1.00. The minimum atomic E-state index is -4.22. The first-order valence-corrected chi connectivity index (χ1v) is 4.37. The zero-order valence-electron chi connectivity index (χ0n) is 7.95. The van der Waals surface area contributed by atoms with Crippen molar-refractivity contribution in [3.8, 4) is 0 Å². The summed E-state index contributed by atoms with van der Waals surface area (Å²) in [5, 5.41) is 3.03. The van der Waals surface area contributed by atoms with Crippen LogP contribution >= 0.6 is 0 Å². The summed E-state index contributed by atoms with van der Waals surface area (Å²) in [5.41, 5.74) is 0. The van der Waals surface area contributed by atoms with Gasteiger partial charge in [0.1, 0.15) is 6.61 Å². The van der Waals surface area contributed by atoms with Crippen LogP contribution in [0.5, 0.6) is 0 Å². The number of likely N-dealkylation sites (N-methyl/N-ethyl adjacent to an activating group) is 1. The summed E-state index contributed by atoms with van der Waals surface area (Å²) < 4.78 is 39.5. The largest absolute Gasteiger partial charge is 0.411 e. The van der Waals surface area contributed by atoms with Crippen LogP contribution < -0.4 is 5.32 Å². The molecule has 5 heteroatoms. The molecule has 13 heavy (non-hydrogen) atoms. The molecule has 0 heterocycles. The second-order valence-electron chi connectivity index (χ2n) is 2.79. The van der Waals surface area contributed by atoms with Crippen molar-refractivity contribution in [2.75, 3.05) is 19.8 Å². The van der Waals surface area contributed by atoms with Crippen molar-refractivity contribution in [3.05, 3.63) is 0 Å². The lowest BCUT2D eigenvalue weighted by Gasteiger charge is -2.16. The first kappa shape index (κ1) is 12.7. The molecular weight excluding hydrogens is 183 g/mol. The predicted molar refractivity (Wildman–Crippen MR) is 44.6 cm³/mol. The van der Waals surface area contributed by atoms with Gasteiger partial charge in [0.05, 0.1) is 6.61 Å². The minimum absolute atomic E-state index is 0.0207. The highest BCUT2D eigenvalue weighted by atomic mass is 19.4. The van der Waals surface area contributed by atoms with Gasteiger partial charge >= 0.3 is 6.18 Å². The average molecular weight is 199 g/mol. The van der Waals surface area contributed by atoms with Crippen molar-refractivity contribution in [2.24, 2.45) is 0 Å². The van der Waals surface area contributed by atoms with Crippen LogP contribution in [0.2, 0.25) is 0 Å². The van der Waals surface area contributed by atoms with Crippen LogP contribution in [0, 0.1) is 0 Å². The number of nitrogens with one attached hydrogen (secondary N) is 1. The molecule has 0 aliphatic carbocycles. The van der Waals surface area contributed by atoms with E-state index in [-0.39, 0.29) is 12.6 Å². The standard InChI is InChI=1S/C8H16F3NO/c1-3-7(12-4-2)5-13-6-8(9,10)11/h7,12H,3-6H2,1-2H3. The zero-order valence-corrected chi connectivity index (χ0v) is 7.95. The molecule has 0 rings (SSSR count). The highest BCUT2D eigenvalue weighted by Crippen LogP contribution is 2.14. The number of alkyl halides is 3. The Kier molecular flexibility index (Phi) is 6.07. The molecule has 0 fully saturated rings. The summed E-state index contributed by atoms with van der Waals surface area (Å²) in [4.78, 5) is 0. The van der Waals surface area contributed by atoms with Crippen molar-refractivity contribution >= 4 is 0 Å². The number of halogens is 3. The summed E-state index contributed by atoms with van der Waals surface area (Å²) in [6.45, 7) is 3.52. The Morgan fingerprint density at radius 3 is 2.31 bits per heavy atom. The first-order chi connectivity index (χ1) is 5.99. The molecule has 0 amide bonds. The SMILES string of the molecule is CCNC(CC)COCC(F)(F)F. The van der Waals surface area contributed by atoms with Crippen molar-refractivity contribution in [3.63, 3.8) is 0 Å². The molecule has 0 aliphatic heterocycles. The quantitative estimate of drug-likeness (QED) is 0.706. The van der Waals surface area contributed by atoms with Crippen LogP contribution in [0.15, 0.2) is 0 Å². The van der Waals surface area contributed by atoms with Gasteiger partial charge in [-0.3, -0.25) is 0 Å². The van der Waals surface area contributed by atoms with E-state index in [9.17, 15) is 13.2 Å². The minimum Gasteiger partial charge on any atom is -0.370 e. The van der Waals surface area contributed by atoms with Crippen LogP contribution in [0.4, 0.5) is 13.2 Å². The molecular formula is C8H16F3NO. The zero-order chi connectivity index (χ0) is 10.3. The van der Waals surface area contributed by atoms with E-state index in [4.69, 9.17) is 0 Å². The molecule has 0 saturated heterocycles.